The number of hydrogen-bond donors (Lipinski definition) is 1. The zero-order valence-corrected chi connectivity index (χ0v) is 18.6. The Morgan fingerprint density at radius 1 is 1.10 bits per heavy atom. The summed E-state index contributed by atoms with van der Waals surface area (Å²) in [6.45, 7) is 5.14. The van der Waals surface area contributed by atoms with Gasteiger partial charge in [0.05, 0.1) is 0 Å². The highest BCUT2D eigenvalue weighted by atomic mass is 16.2. The normalized spacial score (nSPS) is 21.1. The first-order valence-electron chi connectivity index (χ1n) is 11.6. The molecule has 2 amide bonds. The molecular formula is C25H34N4O2. The highest BCUT2D eigenvalue weighted by molar-refractivity contribution is 5.83. The minimum atomic E-state index is -0.355. The number of likely N-dealkylation sites (tertiary alicyclic amines) is 2. The average Bonchev–Trinajstić information content (AvgIpc) is 3.31. The maximum atomic E-state index is 13.4. The number of hydrogen-bond acceptors (Lipinski definition) is 3. The van der Waals surface area contributed by atoms with Crippen LogP contribution in [-0.4, -0.2) is 58.0 Å². The van der Waals surface area contributed by atoms with E-state index in [-0.39, 0.29) is 17.2 Å². The fourth-order valence-corrected chi connectivity index (χ4v) is 5.02. The van der Waals surface area contributed by atoms with Gasteiger partial charge in [-0.25, -0.2) is 0 Å². The van der Waals surface area contributed by atoms with Gasteiger partial charge in [0.2, 0.25) is 11.8 Å². The number of nitrogens with one attached hydrogen (secondary N) is 1. The monoisotopic (exact) mass is 422 g/mol. The van der Waals surface area contributed by atoms with E-state index in [1.807, 2.05) is 29.2 Å². The van der Waals surface area contributed by atoms with Gasteiger partial charge in [0.15, 0.2) is 0 Å². The van der Waals surface area contributed by atoms with E-state index in [0.717, 1.165) is 57.3 Å². The molecule has 166 valence electrons. The summed E-state index contributed by atoms with van der Waals surface area (Å²) in [6.07, 6.45) is 7.78. The first-order valence-corrected chi connectivity index (χ1v) is 11.6. The molecule has 2 aliphatic rings. The van der Waals surface area contributed by atoms with Crippen LogP contribution in [0.5, 0.6) is 0 Å². The van der Waals surface area contributed by atoms with Gasteiger partial charge in [-0.05, 0) is 56.1 Å². The summed E-state index contributed by atoms with van der Waals surface area (Å²) in [5, 5.41) is 7.08. The Morgan fingerprint density at radius 2 is 1.87 bits per heavy atom. The number of H-pyrrole nitrogens is 1. The van der Waals surface area contributed by atoms with Gasteiger partial charge < -0.3 is 9.80 Å². The van der Waals surface area contributed by atoms with Gasteiger partial charge in [-0.3, -0.25) is 14.7 Å². The molecule has 0 unspecified atom stereocenters. The molecule has 0 saturated carbocycles. The van der Waals surface area contributed by atoms with Crippen LogP contribution < -0.4 is 0 Å². The van der Waals surface area contributed by atoms with Gasteiger partial charge in [-0.1, -0.05) is 37.3 Å². The van der Waals surface area contributed by atoms with Crippen LogP contribution in [0, 0.1) is 11.3 Å². The number of benzene rings is 1. The minimum Gasteiger partial charge on any atom is -0.343 e. The minimum absolute atomic E-state index is 0.205. The molecule has 6 nitrogen and oxygen atoms in total. The summed E-state index contributed by atoms with van der Waals surface area (Å²) in [6, 6.07) is 12.2. The number of aryl methyl sites for hydroxylation is 1. The fourth-order valence-electron chi connectivity index (χ4n) is 5.02. The highest BCUT2D eigenvalue weighted by Gasteiger charge is 2.41. The van der Waals surface area contributed by atoms with E-state index in [9.17, 15) is 9.59 Å². The summed E-state index contributed by atoms with van der Waals surface area (Å²) in [5.41, 5.74) is 1.99. The standard InChI is InChI=1S/C25H34N4O2/c1-25(24(31)29-15-5-8-21(19-29)18-22-11-14-26-27-22)12-16-28(17-13-25)23(30)10-9-20-6-3-2-4-7-20/h2-4,6-7,11,14,21H,5,8-10,12-13,15-19H2,1H3,(H,26,27)/t21-/m1/s1. The number of rotatable bonds is 6. The smallest absolute Gasteiger partial charge is 0.228 e. The predicted octanol–water partition coefficient (Wildman–Crippen LogP) is 3.45. The fraction of sp³-hybridized carbons (Fsp3) is 0.560. The predicted molar refractivity (Wildman–Crippen MR) is 120 cm³/mol. The molecule has 2 aliphatic heterocycles. The Bertz CT molecular complexity index is 857. The van der Waals surface area contributed by atoms with Crippen molar-refractivity contribution in [2.45, 2.75) is 51.9 Å². The number of aromatic amines is 1. The third kappa shape index (κ3) is 5.35. The Morgan fingerprint density at radius 3 is 2.58 bits per heavy atom. The molecule has 1 aromatic heterocycles. The SMILES string of the molecule is CC1(C(=O)N2CCC[C@H](Cc3ccn[nH]3)C2)CCN(C(=O)CCc2ccccc2)CC1. The van der Waals surface area contributed by atoms with Gasteiger partial charge in [0.1, 0.15) is 0 Å². The van der Waals surface area contributed by atoms with Crippen molar-refractivity contribution < 1.29 is 9.59 Å². The van der Waals surface area contributed by atoms with Crippen molar-refractivity contribution >= 4 is 11.8 Å². The number of carbonyl (C=O) groups is 2. The Hall–Kier alpha value is -2.63. The summed E-state index contributed by atoms with van der Waals surface area (Å²) in [5.74, 6) is 0.968. The summed E-state index contributed by atoms with van der Waals surface area (Å²) < 4.78 is 0. The van der Waals surface area contributed by atoms with Crippen molar-refractivity contribution in [3.63, 3.8) is 0 Å². The second-order valence-electron chi connectivity index (χ2n) is 9.47. The largest absolute Gasteiger partial charge is 0.343 e. The number of aromatic nitrogens is 2. The number of carbonyl (C=O) groups excluding carboxylic acids is 2. The molecule has 4 rings (SSSR count). The lowest BCUT2D eigenvalue weighted by atomic mass is 9.78. The first kappa shape index (κ1) is 21.6. The molecule has 0 aliphatic carbocycles. The van der Waals surface area contributed by atoms with Crippen LogP contribution in [0.1, 0.15) is 50.3 Å². The highest BCUT2D eigenvalue weighted by Crippen LogP contribution is 2.35. The molecule has 6 heteroatoms. The van der Waals surface area contributed by atoms with E-state index in [2.05, 4.69) is 34.2 Å². The third-order valence-electron chi connectivity index (χ3n) is 7.08. The van der Waals surface area contributed by atoms with Crippen molar-refractivity contribution in [3.8, 4) is 0 Å². The van der Waals surface area contributed by atoms with Crippen molar-refractivity contribution in [2.24, 2.45) is 11.3 Å². The Kier molecular flexibility index (Phi) is 6.73. The number of nitrogens with zero attached hydrogens (tertiary/aromatic N) is 3. The van der Waals surface area contributed by atoms with E-state index >= 15 is 0 Å². The molecule has 2 aromatic rings. The Balaban J connectivity index is 1.27. The molecule has 2 fully saturated rings. The van der Waals surface area contributed by atoms with Crippen LogP contribution in [0.15, 0.2) is 42.6 Å². The molecule has 3 heterocycles. The molecule has 1 aromatic carbocycles. The van der Waals surface area contributed by atoms with Crippen LogP contribution in [0.2, 0.25) is 0 Å². The first-order chi connectivity index (χ1) is 15.0. The zero-order valence-electron chi connectivity index (χ0n) is 18.6. The van der Waals surface area contributed by atoms with E-state index in [0.29, 0.717) is 25.4 Å². The number of amides is 2. The van der Waals surface area contributed by atoms with E-state index in [1.54, 1.807) is 6.20 Å². The van der Waals surface area contributed by atoms with E-state index < -0.39 is 0 Å². The second kappa shape index (κ2) is 9.67. The van der Waals surface area contributed by atoms with Gasteiger partial charge >= 0.3 is 0 Å². The van der Waals surface area contributed by atoms with E-state index in [4.69, 9.17) is 0 Å². The third-order valence-corrected chi connectivity index (χ3v) is 7.08. The molecule has 0 radical (unpaired) electrons. The molecule has 0 spiro atoms. The van der Waals surface area contributed by atoms with Crippen LogP contribution in [0.25, 0.3) is 0 Å². The maximum Gasteiger partial charge on any atom is 0.228 e. The zero-order chi connectivity index (χ0) is 21.7. The van der Waals surface area contributed by atoms with Crippen LogP contribution in [0.4, 0.5) is 0 Å². The van der Waals surface area contributed by atoms with E-state index in [1.165, 1.54) is 5.56 Å². The maximum absolute atomic E-state index is 13.4. The quantitative estimate of drug-likeness (QED) is 0.775. The van der Waals surface area contributed by atoms with Gasteiger partial charge in [0.25, 0.3) is 0 Å². The van der Waals surface area contributed by atoms with Gasteiger partial charge in [-0.15, -0.1) is 0 Å². The lowest BCUT2D eigenvalue weighted by Crippen LogP contribution is -2.52. The number of piperidine rings is 2. The summed E-state index contributed by atoms with van der Waals surface area (Å²) >= 11 is 0. The van der Waals surface area contributed by atoms with Crippen LogP contribution in [0.3, 0.4) is 0 Å². The van der Waals surface area contributed by atoms with Crippen molar-refractivity contribution in [3.05, 3.63) is 53.9 Å². The molecule has 31 heavy (non-hydrogen) atoms. The van der Waals surface area contributed by atoms with Crippen molar-refractivity contribution in [1.82, 2.24) is 20.0 Å². The second-order valence-corrected chi connectivity index (χ2v) is 9.47. The summed E-state index contributed by atoms with van der Waals surface area (Å²) in [4.78, 5) is 30.1. The van der Waals surface area contributed by atoms with Crippen LogP contribution >= 0.6 is 0 Å². The van der Waals surface area contributed by atoms with Gasteiger partial charge in [0, 0.05) is 49.9 Å². The van der Waals surface area contributed by atoms with Crippen LogP contribution in [-0.2, 0) is 22.4 Å². The molecular weight excluding hydrogens is 388 g/mol. The van der Waals surface area contributed by atoms with Gasteiger partial charge in [-0.2, -0.15) is 5.10 Å². The average molecular weight is 423 g/mol. The van der Waals surface area contributed by atoms with Crippen molar-refractivity contribution in [1.29, 1.82) is 0 Å². The molecule has 2 saturated heterocycles. The molecule has 1 N–H and O–H groups in total. The topological polar surface area (TPSA) is 69.3 Å². The molecule has 0 bridgehead atoms. The van der Waals surface area contributed by atoms with Crippen molar-refractivity contribution in [2.75, 3.05) is 26.2 Å². The molecule has 1 atom stereocenters. The summed E-state index contributed by atoms with van der Waals surface area (Å²) in [7, 11) is 0. The lowest BCUT2D eigenvalue weighted by Gasteiger charge is -2.43. The Labute approximate surface area is 185 Å². The lowest BCUT2D eigenvalue weighted by molar-refractivity contribution is -0.148.